The number of hydrogen-bond donors (Lipinski definition) is 1. The lowest BCUT2D eigenvalue weighted by molar-refractivity contribution is -0.178. The van der Waals surface area contributed by atoms with Crippen LogP contribution in [0.15, 0.2) is 11.6 Å². The van der Waals surface area contributed by atoms with E-state index in [1.165, 1.54) is 5.57 Å². The lowest BCUT2D eigenvalue weighted by atomic mass is 9.70. The Morgan fingerprint density at radius 3 is 2.73 bits per heavy atom. The van der Waals surface area contributed by atoms with Gasteiger partial charge in [-0.2, -0.15) is 0 Å². The van der Waals surface area contributed by atoms with E-state index in [4.69, 9.17) is 9.47 Å². The van der Waals surface area contributed by atoms with Gasteiger partial charge in [0.05, 0.1) is 19.8 Å². The Balaban J connectivity index is 1.84. The van der Waals surface area contributed by atoms with Crippen molar-refractivity contribution in [3.8, 4) is 0 Å². The summed E-state index contributed by atoms with van der Waals surface area (Å²) >= 11 is 0. The van der Waals surface area contributed by atoms with Gasteiger partial charge in [-0.05, 0) is 19.3 Å². The van der Waals surface area contributed by atoms with Crippen LogP contribution in [0.3, 0.4) is 0 Å². The number of rotatable bonds is 1. The maximum Gasteiger partial charge on any atom is 0.172 e. The minimum Gasteiger partial charge on any atom is -0.395 e. The molecule has 84 valence electrons. The average Bonchev–Trinajstić information content (AvgIpc) is 2.86. The fourth-order valence-corrected chi connectivity index (χ4v) is 3.26. The smallest absolute Gasteiger partial charge is 0.172 e. The average molecular weight is 210 g/mol. The van der Waals surface area contributed by atoms with Gasteiger partial charge in [-0.1, -0.05) is 11.6 Å². The molecule has 1 heterocycles. The SMILES string of the molecule is OCC12CCC=C1CC1(CC2)OCCO1. The van der Waals surface area contributed by atoms with Crippen molar-refractivity contribution in [3.05, 3.63) is 11.6 Å². The molecule has 0 aromatic heterocycles. The molecule has 0 bridgehead atoms. The van der Waals surface area contributed by atoms with E-state index in [1.807, 2.05) is 0 Å². The molecule has 2 fully saturated rings. The third-order valence-corrected chi connectivity index (χ3v) is 4.26. The van der Waals surface area contributed by atoms with Crippen LogP contribution in [0.2, 0.25) is 0 Å². The summed E-state index contributed by atoms with van der Waals surface area (Å²) in [5.74, 6) is -0.338. The number of fused-ring (bicyclic) bond motifs is 1. The molecule has 1 unspecified atom stereocenters. The molecule has 1 N–H and O–H groups in total. The van der Waals surface area contributed by atoms with Crippen molar-refractivity contribution in [2.45, 2.75) is 37.9 Å². The van der Waals surface area contributed by atoms with E-state index >= 15 is 0 Å². The molecule has 1 saturated carbocycles. The van der Waals surface area contributed by atoms with Gasteiger partial charge in [0.15, 0.2) is 5.79 Å². The van der Waals surface area contributed by atoms with Gasteiger partial charge in [0.1, 0.15) is 0 Å². The van der Waals surface area contributed by atoms with Gasteiger partial charge in [-0.25, -0.2) is 0 Å². The van der Waals surface area contributed by atoms with Crippen LogP contribution in [0.4, 0.5) is 0 Å². The molecule has 0 aromatic rings. The van der Waals surface area contributed by atoms with Gasteiger partial charge in [-0.3, -0.25) is 0 Å². The van der Waals surface area contributed by atoms with E-state index < -0.39 is 0 Å². The van der Waals surface area contributed by atoms with Crippen LogP contribution in [0.1, 0.15) is 32.1 Å². The largest absolute Gasteiger partial charge is 0.395 e. The minimum absolute atomic E-state index is 0.0700. The summed E-state index contributed by atoms with van der Waals surface area (Å²) in [6.45, 7) is 1.73. The summed E-state index contributed by atoms with van der Waals surface area (Å²) in [7, 11) is 0. The van der Waals surface area contributed by atoms with Crippen LogP contribution >= 0.6 is 0 Å². The van der Waals surface area contributed by atoms with Crippen molar-refractivity contribution >= 4 is 0 Å². The second kappa shape index (κ2) is 3.30. The second-order valence-electron chi connectivity index (χ2n) is 4.99. The number of allylic oxidation sites excluding steroid dienone is 1. The zero-order valence-corrected chi connectivity index (χ0v) is 9.00. The summed E-state index contributed by atoms with van der Waals surface area (Å²) in [5.41, 5.74) is 1.44. The number of aliphatic hydroxyl groups is 1. The third-order valence-electron chi connectivity index (χ3n) is 4.26. The van der Waals surface area contributed by atoms with Crippen LogP contribution in [-0.2, 0) is 9.47 Å². The standard InChI is InChI=1S/C12H18O3/c13-9-11-3-1-2-10(11)8-12(5-4-11)14-6-7-15-12/h2,13H,1,3-9H2. The fraction of sp³-hybridized carbons (Fsp3) is 0.833. The molecule has 0 amide bonds. The highest BCUT2D eigenvalue weighted by Crippen LogP contribution is 2.53. The van der Waals surface area contributed by atoms with Crippen LogP contribution in [0.5, 0.6) is 0 Å². The van der Waals surface area contributed by atoms with E-state index in [0.29, 0.717) is 0 Å². The summed E-state index contributed by atoms with van der Waals surface area (Å²) in [6.07, 6.45) is 7.30. The van der Waals surface area contributed by atoms with Gasteiger partial charge in [-0.15, -0.1) is 0 Å². The lowest BCUT2D eigenvalue weighted by Gasteiger charge is -2.42. The molecule has 1 aliphatic heterocycles. The Morgan fingerprint density at radius 1 is 1.20 bits per heavy atom. The molecule has 0 aromatic carbocycles. The quantitative estimate of drug-likeness (QED) is 0.668. The van der Waals surface area contributed by atoms with E-state index in [0.717, 1.165) is 45.3 Å². The first-order valence-electron chi connectivity index (χ1n) is 5.87. The van der Waals surface area contributed by atoms with E-state index in [2.05, 4.69) is 6.08 Å². The van der Waals surface area contributed by atoms with Gasteiger partial charge in [0, 0.05) is 18.3 Å². The Morgan fingerprint density at radius 2 is 2.00 bits per heavy atom. The molecule has 3 heteroatoms. The number of hydrogen-bond acceptors (Lipinski definition) is 3. The molecule has 0 radical (unpaired) electrons. The first-order valence-corrected chi connectivity index (χ1v) is 5.87. The summed E-state index contributed by atoms with van der Waals surface area (Å²) in [4.78, 5) is 0. The first-order chi connectivity index (χ1) is 7.29. The van der Waals surface area contributed by atoms with E-state index in [9.17, 15) is 5.11 Å². The van der Waals surface area contributed by atoms with Crippen LogP contribution in [-0.4, -0.2) is 30.7 Å². The van der Waals surface area contributed by atoms with Crippen molar-refractivity contribution in [2.75, 3.05) is 19.8 Å². The van der Waals surface area contributed by atoms with Crippen molar-refractivity contribution in [1.29, 1.82) is 0 Å². The topological polar surface area (TPSA) is 38.7 Å². The first kappa shape index (κ1) is 9.82. The van der Waals surface area contributed by atoms with E-state index in [1.54, 1.807) is 0 Å². The Hall–Kier alpha value is -0.380. The van der Waals surface area contributed by atoms with Crippen LogP contribution in [0.25, 0.3) is 0 Å². The molecule has 1 saturated heterocycles. The molecular weight excluding hydrogens is 192 g/mol. The second-order valence-corrected chi connectivity index (χ2v) is 4.99. The highest BCUT2D eigenvalue weighted by atomic mass is 16.7. The monoisotopic (exact) mass is 210 g/mol. The number of ether oxygens (including phenoxy) is 2. The maximum absolute atomic E-state index is 9.56. The number of aliphatic hydroxyl groups excluding tert-OH is 1. The van der Waals surface area contributed by atoms with Crippen LogP contribution < -0.4 is 0 Å². The highest BCUT2D eigenvalue weighted by molar-refractivity contribution is 5.25. The van der Waals surface area contributed by atoms with Crippen molar-refractivity contribution < 1.29 is 14.6 Å². The highest BCUT2D eigenvalue weighted by Gasteiger charge is 2.49. The lowest BCUT2D eigenvalue weighted by Crippen LogP contribution is -2.42. The molecule has 15 heavy (non-hydrogen) atoms. The minimum atomic E-state index is -0.338. The predicted octanol–water partition coefficient (Wildman–Crippen LogP) is 1.61. The van der Waals surface area contributed by atoms with Crippen LogP contribution in [0, 0.1) is 5.41 Å². The predicted molar refractivity (Wildman–Crippen MR) is 55.3 cm³/mol. The summed E-state index contributed by atoms with van der Waals surface area (Å²) < 4.78 is 11.5. The zero-order chi connectivity index (χ0) is 10.4. The molecule has 1 atom stereocenters. The van der Waals surface area contributed by atoms with Crippen molar-refractivity contribution in [2.24, 2.45) is 5.41 Å². The molecule has 1 spiro atoms. The Bertz CT molecular complexity index is 291. The normalized spacial score (nSPS) is 38.1. The summed E-state index contributed by atoms with van der Waals surface area (Å²) in [5, 5.41) is 9.56. The van der Waals surface area contributed by atoms with E-state index in [-0.39, 0.29) is 17.8 Å². The molecule has 3 aliphatic rings. The Kier molecular flexibility index (Phi) is 2.16. The maximum atomic E-state index is 9.56. The third kappa shape index (κ3) is 1.37. The molecule has 2 aliphatic carbocycles. The molecular formula is C12H18O3. The van der Waals surface area contributed by atoms with Gasteiger partial charge in [0.25, 0.3) is 0 Å². The van der Waals surface area contributed by atoms with Gasteiger partial charge >= 0.3 is 0 Å². The van der Waals surface area contributed by atoms with Crippen molar-refractivity contribution in [3.63, 3.8) is 0 Å². The Labute approximate surface area is 90.1 Å². The summed E-state index contributed by atoms with van der Waals surface area (Å²) in [6, 6.07) is 0. The van der Waals surface area contributed by atoms with Crippen molar-refractivity contribution in [1.82, 2.24) is 0 Å². The zero-order valence-electron chi connectivity index (χ0n) is 9.00. The molecule has 3 nitrogen and oxygen atoms in total. The fourth-order valence-electron chi connectivity index (χ4n) is 3.26. The van der Waals surface area contributed by atoms with Gasteiger partial charge < -0.3 is 14.6 Å². The van der Waals surface area contributed by atoms with Gasteiger partial charge in [0.2, 0.25) is 0 Å². The molecule has 3 rings (SSSR count).